The molecule has 4 heteroatoms. The van der Waals surface area contributed by atoms with E-state index in [4.69, 9.17) is 4.74 Å². The van der Waals surface area contributed by atoms with Crippen LogP contribution >= 0.6 is 11.3 Å². The molecule has 0 radical (unpaired) electrons. The molecule has 0 aliphatic heterocycles. The maximum atomic E-state index is 11.8. The molecule has 0 spiro atoms. The van der Waals surface area contributed by atoms with Crippen LogP contribution < -0.4 is 5.32 Å². The third kappa shape index (κ3) is 3.90. The number of anilines is 1. The Morgan fingerprint density at radius 1 is 1.04 bits per heavy atom. The summed E-state index contributed by atoms with van der Waals surface area (Å²) in [6.07, 6.45) is -0.438. The molecule has 0 unspecified atom stereocenters. The fraction of sp³-hybridized carbons (Fsp3) is 0.211. The lowest BCUT2D eigenvalue weighted by Crippen LogP contribution is -2.27. The van der Waals surface area contributed by atoms with Gasteiger partial charge in [-0.25, -0.2) is 4.79 Å². The molecule has 0 fully saturated rings. The zero-order valence-corrected chi connectivity index (χ0v) is 14.2. The molecule has 0 aliphatic rings. The Labute approximate surface area is 139 Å². The van der Waals surface area contributed by atoms with E-state index in [0.29, 0.717) is 0 Å². The van der Waals surface area contributed by atoms with E-state index in [1.54, 1.807) is 11.3 Å². The van der Waals surface area contributed by atoms with Gasteiger partial charge in [-0.1, -0.05) is 30.3 Å². The molecule has 3 nitrogen and oxygen atoms in total. The summed E-state index contributed by atoms with van der Waals surface area (Å²) in [6.45, 7) is 5.53. The number of nitrogens with one attached hydrogen (secondary N) is 1. The molecule has 1 aromatic heterocycles. The molecule has 3 rings (SSSR count). The van der Waals surface area contributed by atoms with Gasteiger partial charge in [0.1, 0.15) is 5.60 Å². The molecular weight excluding hydrogens is 306 g/mol. The number of fused-ring (bicyclic) bond motifs is 1. The largest absolute Gasteiger partial charge is 0.444 e. The van der Waals surface area contributed by atoms with E-state index >= 15 is 0 Å². The monoisotopic (exact) mass is 325 g/mol. The Morgan fingerprint density at radius 3 is 2.39 bits per heavy atom. The van der Waals surface area contributed by atoms with Crippen LogP contribution in [0.1, 0.15) is 20.8 Å². The minimum Gasteiger partial charge on any atom is -0.444 e. The summed E-state index contributed by atoms with van der Waals surface area (Å²) < 4.78 is 6.52. The first-order valence-corrected chi connectivity index (χ1v) is 8.31. The summed E-state index contributed by atoms with van der Waals surface area (Å²) in [6, 6.07) is 18.3. The predicted octanol–water partition coefficient (Wildman–Crippen LogP) is 5.92. The van der Waals surface area contributed by atoms with Crippen LogP contribution in [0.4, 0.5) is 10.5 Å². The summed E-state index contributed by atoms with van der Waals surface area (Å²) in [5.74, 6) is 0. The van der Waals surface area contributed by atoms with Gasteiger partial charge in [0.05, 0.1) is 0 Å². The van der Waals surface area contributed by atoms with Crippen LogP contribution in [-0.4, -0.2) is 11.7 Å². The molecule has 23 heavy (non-hydrogen) atoms. The Hall–Kier alpha value is -2.33. The molecular formula is C19H19NO2S. The SMILES string of the molecule is CC(C)(C)OC(=O)Nc1ccc(-c2cc3ccccc3s2)cc1. The van der Waals surface area contributed by atoms with Gasteiger partial charge < -0.3 is 4.74 Å². The lowest BCUT2D eigenvalue weighted by molar-refractivity contribution is 0.0636. The Morgan fingerprint density at radius 2 is 1.74 bits per heavy atom. The third-order valence-corrected chi connectivity index (χ3v) is 4.41. The lowest BCUT2D eigenvalue weighted by atomic mass is 10.1. The standard InChI is InChI=1S/C19H19NO2S/c1-19(2,3)22-18(21)20-15-10-8-13(9-11-15)17-12-14-6-4-5-7-16(14)23-17/h4-12H,1-3H3,(H,20,21). The molecule has 0 bridgehead atoms. The van der Waals surface area contributed by atoms with Crippen LogP contribution in [0.5, 0.6) is 0 Å². The molecule has 0 atom stereocenters. The van der Waals surface area contributed by atoms with Crippen molar-refractivity contribution >= 4 is 33.2 Å². The number of carbonyl (C=O) groups excluding carboxylic acids is 1. The molecule has 118 valence electrons. The van der Waals surface area contributed by atoms with Gasteiger partial charge in [-0.05, 0) is 56.0 Å². The average molecular weight is 325 g/mol. The van der Waals surface area contributed by atoms with Crippen molar-refractivity contribution in [3.63, 3.8) is 0 Å². The van der Waals surface area contributed by atoms with Crippen molar-refractivity contribution in [3.8, 4) is 10.4 Å². The van der Waals surface area contributed by atoms with Gasteiger partial charge in [0.25, 0.3) is 0 Å². The predicted molar refractivity (Wildman–Crippen MR) is 97.1 cm³/mol. The van der Waals surface area contributed by atoms with Crippen LogP contribution in [0, 0.1) is 0 Å². The summed E-state index contributed by atoms with van der Waals surface area (Å²) in [7, 11) is 0. The molecule has 3 aromatic rings. The summed E-state index contributed by atoms with van der Waals surface area (Å²) in [4.78, 5) is 13.0. The van der Waals surface area contributed by atoms with Crippen molar-refractivity contribution in [2.24, 2.45) is 0 Å². The Kier molecular flexibility index (Phi) is 4.09. The number of hydrogen-bond donors (Lipinski definition) is 1. The smallest absolute Gasteiger partial charge is 0.412 e. The number of rotatable bonds is 2. The normalized spacial score (nSPS) is 11.4. The number of benzene rings is 2. The van der Waals surface area contributed by atoms with Crippen LogP contribution in [0.2, 0.25) is 0 Å². The fourth-order valence-electron chi connectivity index (χ4n) is 2.26. The highest BCUT2D eigenvalue weighted by Crippen LogP contribution is 2.33. The first-order chi connectivity index (χ1) is 10.9. The highest BCUT2D eigenvalue weighted by atomic mass is 32.1. The van der Waals surface area contributed by atoms with Crippen molar-refractivity contribution < 1.29 is 9.53 Å². The first kappa shape index (κ1) is 15.6. The second-order valence-electron chi connectivity index (χ2n) is 6.35. The van der Waals surface area contributed by atoms with Crippen LogP contribution in [0.15, 0.2) is 54.6 Å². The highest BCUT2D eigenvalue weighted by Gasteiger charge is 2.16. The van der Waals surface area contributed by atoms with Gasteiger partial charge in [-0.15, -0.1) is 11.3 Å². The second kappa shape index (κ2) is 6.05. The highest BCUT2D eigenvalue weighted by molar-refractivity contribution is 7.22. The molecule has 1 heterocycles. The number of carbonyl (C=O) groups is 1. The van der Waals surface area contributed by atoms with Gasteiger partial charge in [0, 0.05) is 15.3 Å². The van der Waals surface area contributed by atoms with Gasteiger partial charge >= 0.3 is 6.09 Å². The minimum atomic E-state index is -0.499. The van der Waals surface area contributed by atoms with Crippen LogP contribution in [0.25, 0.3) is 20.5 Å². The van der Waals surface area contributed by atoms with E-state index in [2.05, 4.69) is 29.6 Å². The molecule has 0 saturated carbocycles. The zero-order chi connectivity index (χ0) is 16.4. The van der Waals surface area contributed by atoms with Gasteiger partial charge in [-0.3, -0.25) is 5.32 Å². The van der Waals surface area contributed by atoms with Crippen molar-refractivity contribution in [2.45, 2.75) is 26.4 Å². The summed E-state index contributed by atoms with van der Waals surface area (Å²) >= 11 is 1.77. The maximum Gasteiger partial charge on any atom is 0.412 e. The van der Waals surface area contributed by atoms with E-state index in [0.717, 1.165) is 11.3 Å². The van der Waals surface area contributed by atoms with Crippen molar-refractivity contribution in [1.29, 1.82) is 0 Å². The summed E-state index contributed by atoms with van der Waals surface area (Å²) in [5, 5.41) is 4.00. The number of amides is 1. The van der Waals surface area contributed by atoms with Crippen molar-refractivity contribution in [3.05, 3.63) is 54.6 Å². The quantitative estimate of drug-likeness (QED) is 0.635. The minimum absolute atomic E-state index is 0.438. The summed E-state index contributed by atoms with van der Waals surface area (Å²) in [5.41, 5.74) is 1.37. The third-order valence-electron chi connectivity index (χ3n) is 3.24. The van der Waals surface area contributed by atoms with E-state index in [1.165, 1.54) is 15.0 Å². The Bertz CT molecular complexity index is 795. The number of thiophene rings is 1. The van der Waals surface area contributed by atoms with E-state index < -0.39 is 11.7 Å². The molecule has 2 aromatic carbocycles. The van der Waals surface area contributed by atoms with Gasteiger partial charge in [-0.2, -0.15) is 0 Å². The second-order valence-corrected chi connectivity index (χ2v) is 7.44. The molecule has 1 N–H and O–H groups in total. The van der Waals surface area contributed by atoms with Crippen LogP contribution in [0.3, 0.4) is 0 Å². The first-order valence-electron chi connectivity index (χ1n) is 7.50. The zero-order valence-electron chi connectivity index (χ0n) is 13.4. The van der Waals surface area contributed by atoms with Crippen molar-refractivity contribution in [1.82, 2.24) is 0 Å². The number of hydrogen-bond acceptors (Lipinski definition) is 3. The molecule has 0 aliphatic carbocycles. The Balaban J connectivity index is 1.75. The van der Waals surface area contributed by atoms with Crippen molar-refractivity contribution in [2.75, 3.05) is 5.32 Å². The van der Waals surface area contributed by atoms with Gasteiger partial charge in [0.15, 0.2) is 0 Å². The average Bonchev–Trinajstić information content (AvgIpc) is 2.89. The number of ether oxygens (including phenoxy) is 1. The topological polar surface area (TPSA) is 38.3 Å². The molecule has 1 amide bonds. The lowest BCUT2D eigenvalue weighted by Gasteiger charge is -2.19. The maximum absolute atomic E-state index is 11.8. The van der Waals surface area contributed by atoms with Gasteiger partial charge in [0.2, 0.25) is 0 Å². The van der Waals surface area contributed by atoms with Crippen LogP contribution in [-0.2, 0) is 4.74 Å². The van der Waals surface area contributed by atoms with E-state index in [1.807, 2.05) is 51.1 Å². The fourth-order valence-corrected chi connectivity index (χ4v) is 3.33. The molecule has 0 saturated heterocycles. The van der Waals surface area contributed by atoms with E-state index in [-0.39, 0.29) is 0 Å². The van der Waals surface area contributed by atoms with E-state index in [9.17, 15) is 4.79 Å².